The lowest BCUT2D eigenvalue weighted by Gasteiger charge is -2.40. The van der Waals surface area contributed by atoms with Crippen molar-refractivity contribution in [2.24, 2.45) is 10.4 Å². The van der Waals surface area contributed by atoms with E-state index in [1.54, 1.807) is 52.0 Å². The highest BCUT2D eigenvalue weighted by Crippen LogP contribution is 2.38. The van der Waals surface area contributed by atoms with E-state index in [-0.39, 0.29) is 33.9 Å². The van der Waals surface area contributed by atoms with Gasteiger partial charge in [0.25, 0.3) is 5.91 Å². The van der Waals surface area contributed by atoms with Gasteiger partial charge < -0.3 is 10.1 Å². The molecule has 1 unspecified atom stereocenters. The van der Waals surface area contributed by atoms with Crippen molar-refractivity contribution in [2.75, 3.05) is 5.32 Å². The van der Waals surface area contributed by atoms with Crippen molar-refractivity contribution in [1.29, 1.82) is 0 Å². The number of pyridine rings is 1. The van der Waals surface area contributed by atoms with Crippen molar-refractivity contribution in [3.8, 4) is 0 Å². The Balaban J connectivity index is 1.78. The first-order valence-electron chi connectivity index (χ1n) is 10.6. The van der Waals surface area contributed by atoms with E-state index in [1.165, 1.54) is 12.4 Å². The Hall–Kier alpha value is -2.29. The summed E-state index contributed by atoms with van der Waals surface area (Å²) in [7, 11) is 0. The zero-order valence-electron chi connectivity index (χ0n) is 19.1. The van der Waals surface area contributed by atoms with E-state index in [4.69, 9.17) is 27.9 Å². The minimum Gasteiger partial charge on any atom is -0.461 e. The molecule has 1 fully saturated rings. The number of esters is 1. The first-order chi connectivity index (χ1) is 15.9. The number of amides is 1. The Kier molecular flexibility index (Phi) is 8.16. The summed E-state index contributed by atoms with van der Waals surface area (Å²) in [6.45, 7) is 7.11. The molecule has 1 heterocycles. The first kappa shape index (κ1) is 26.3. The molecule has 1 aromatic carbocycles. The van der Waals surface area contributed by atoms with E-state index in [0.717, 1.165) is 5.56 Å². The SMILES string of the molecule is CC(C)OC(=O)[C@H](Cc1ccc(NC(=O)c2c(Cl)cncc2Cl)cc1)N=C1C(Br)C(=O)C1(C)C. The summed E-state index contributed by atoms with van der Waals surface area (Å²) in [6.07, 6.45) is 2.67. The maximum absolute atomic E-state index is 12.7. The summed E-state index contributed by atoms with van der Waals surface area (Å²) in [6, 6.07) is 6.17. The molecule has 0 saturated heterocycles. The Morgan fingerprint density at radius 1 is 1.18 bits per heavy atom. The zero-order chi connectivity index (χ0) is 25.2. The molecule has 1 aliphatic carbocycles. The molecule has 0 bridgehead atoms. The number of benzene rings is 1. The van der Waals surface area contributed by atoms with Gasteiger partial charge in [0.05, 0.1) is 27.1 Å². The van der Waals surface area contributed by atoms with Gasteiger partial charge in [-0.1, -0.05) is 51.3 Å². The molecular formula is C24H24BrCl2N3O4. The van der Waals surface area contributed by atoms with Gasteiger partial charge in [-0.2, -0.15) is 0 Å². The van der Waals surface area contributed by atoms with Crippen LogP contribution in [-0.4, -0.2) is 45.3 Å². The summed E-state index contributed by atoms with van der Waals surface area (Å²) >= 11 is 15.4. The van der Waals surface area contributed by atoms with Gasteiger partial charge in [0.2, 0.25) is 0 Å². The average molecular weight is 569 g/mol. The minimum absolute atomic E-state index is 0.0247. The number of nitrogens with zero attached hydrogens (tertiary/aromatic N) is 2. The number of hydrogen-bond acceptors (Lipinski definition) is 6. The molecule has 2 atom stereocenters. The van der Waals surface area contributed by atoms with Crippen LogP contribution in [0.1, 0.15) is 43.6 Å². The summed E-state index contributed by atoms with van der Waals surface area (Å²) in [5, 5.41) is 3.04. The number of carbonyl (C=O) groups excluding carboxylic acids is 3. The van der Waals surface area contributed by atoms with E-state index in [2.05, 4.69) is 31.2 Å². The van der Waals surface area contributed by atoms with Crippen molar-refractivity contribution >= 4 is 68.2 Å². The Bertz CT molecular complexity index is 1130. The van der Waals surface area contributed by atoms with Crippen LogP contribution in [0, 0.1) is 5.41 Å². The third-order valence-corrected chi connectivity index (χ3v) is 6.79. The van der Waals surface area contributed by atoms with Gasteiger partial charge >= 0.3 is 5.97 Å². The van der Waals surface area contributed by atoms with Crippen LogP contribution in [0.2, 0.25) is 10.0 Å². The molecule has 0 aliphatic heterocycles. The minimum atomic E-state index is -0.806. The Morgan fingerprint density at radius 2 is 1.76 bits per heavy atom. The van der Waals surface area contributed by atoms with Crippen molar-refractivity contribution in [3.05, 3.63) is 57.8 Å². The van der Waals surface area contributed by atoms with Crippen LogP contribution in [0.5, 0.6) is 0 Å². The lowest BCUT2D eigenvalue weighted by Crippen LogP contribution is -2.57. The number of rotatable bonds is 7. The lowest BCUT2D eigenvalue weighted by molar-refractivity contribution is -0.149. The van der Waals surface area contributed by atoms with Gasteiger partial charge in [0, 0.05) is 30.2 Å². The Morgan fingerprint density at radius 3 is 2.29 bits per heavy atom. The molecule has 0 radical (unpaired) electrons. The van der Waals surface area contributed by atoms with Gasteiger partial charge in [0.15, 0.2) is 11.8 Å². The Labute approximate surface area is 216 Å². The summed E-state index contributed by atoms with van der Waals surface area (Å²) in [4.78, 5) is 45.4. The number of carbonyl (C=O) groups is 3. The smallest absolute Gasteiger partial charge is 0.331 e. The van der Waals surface area contributed by atoms with Crippen LogP contribution < -0.4 is 5.32 Å². The number of aliphatic imine (C=N–C) groups is 1. The second-order valence-electron chi connectivity index (χ2n) is 8.70. The van der Waals surface area contributed by atoms with E-state index in [1.807, 2.05) is 0 Å². The maximum atomic E-state index is 12.7. The van der Waals surface area contributed by atoms with E-state index >= 15 is 0 Å². The fraction of sp³-hybridized carbons (Fsp3) is 0.375. The predicted molar refractivity (Wildman–Crippen MR) is 136 cm³/mol. The number of Topliss-reactive ketones (excluding diaryl/α,β-unsaturated/α-hetero) is 1. The number of aromatic nitrogens is 1. The standard InChI is InChI=1S/C24H24BrCl2N3O4/c1-12(2)34-23(33)17(30-20-19(25)21(31)24(20,3)4)9-13-5-7-14(8-6-13)29-22(32)18-15(26)10-28-11-16(18)27/h5-8,10-12,17,19H,9H2,1-4H3,(H,29,32)/t17-,19?/m0/s1. The molecule has 1 aliphatic rings. The van der Waals surface area contributed by atoms with Crippen LogP contribution in [-0.2, 0) is 20.7 Å². The van der Waals surface area contributed by atoms with Crippen molar-refractivity contribution in [3.63, 3.8) is 0 Å². The van der Waals surface area contributed by atoms with Crippen LogP contribution >= 0.6 is 39.1 Å². The predicted octanol–water partition coefficient (Wildman–Crippen LogP) is 5.32. The van der Waals surface area contributed by atoms with Crippen LogP contribution in [0.25, 0.3) is 0 Å². The van der Waals surface area contributed by atoms with Crippen LogP contribution in [0.4, 0.5) is 5.69 Å². The second-order valence-corrected chi connectivity index (χ2v) is 10.4. The molecule has 1 aromatic heterocycles. The monoisotopic (exact) mass is 567 g/mol. The van der Waals surface area contributed by atoms with Crippen molar-refractivity contribution in [1.82, 2.24) is 4.98 Å². The number of anilines is 1. The summed E-state index contributed by atoms with van der Waals surface area (Å²) in [5.74, 6) is -0.899. The number of alkyl halides is 1. The normalized spacial score (nSPS) is 19.0. The fourth-order valence-electron chi connectivity index (χ4n) is 3.46. The molecule has 1 saturated carbocycles. The van der Waals surface area contributed by atoms with Gasteiger partial charge in [-0.05, 0) is 45.4 Å². The maximum Gasteiger partial charge on any atom is 0.331 e. The highest BCUT2D eigenvalue weighted by atomic mass is 79.9. The zero-order valence-corrected chi connectivity index (χ0v) is 22.2. The van der Waals surface area contributed by atoms with Gasteiger partial charge in [-0.3, -0.25) is 19.6 Å². The van der Waals surface area contributed by atoms with Gasteiger partial charge in [-0.25, -0.2) is 4.79 Å². The van der Waals surface area contributed by atoms with Crippen molar-refractivity contribution < 1.29 is 19.1 Å². The molecule has 0 spiro atoms. The summed E-state index contributed by atoms with van der Waals surface area (Å²) < 4.78 is 5.40. The quantitative estimate of drug-likeness (QED) is 0.360. The summed E-state index contributed by atoms with van der Waals surface area (Å²) in [5.41, 5.74) is 1.36. The second kappa shape index (κ2) is 10.5. The first-order valence-corrected chi connectivity index (χ1v) is 12.2. The number of halogens is 3. The molecule has 34 heavy (non-hydrogen) atoms. The molecule has 180 valence electrons. The molecule has 1 amide bonds. The molecule has 10 heteroatoms. The molecule has 2 aromatic rings. The molecular weight excluding hydrogens is 545 g/mol. The third kappa shape index (κ3) is 5.67. The molecule has 1 N–H and O–H groups in total. The van der Waals surface area contributed by atoms with Gasteiger partial charge in [-0.15, -0.1) is 0 Å². The number of ether oxygens (including phenoxy) is 1. The third-order valence-electron chi connectivity index (χ3n) is 5.37. The molecule has 3 rings (SSSR count). The number of nitrogens with one attached hydrogen (secondary N) is 1. The van der Waals surface area contributed by atoms with Gasteiger partial charge in [0.1, 0.15) is 4.83 Å². The van der Waals surface area contributed by atoms with E-state index in [0.29, 0.717) is 11.4 Å². The van der Waals surface area contributed by atoms with E-state index in [9.17, 15) is 14.4 Å². The fourth-order valence-corrected chi connectivity index (χ4v) is 5.26. The average Bonchev–Trinajstić information content (AvgIpc) is 2.76. The molecule has 7 nitrogen and oxygen atoms in total. The topological polar surface area (TPSA) is 97.7 Å². The lowest BCUT2D eigenvalue weighted by atomic mass is 9.68. The van der Waals surface area contributed by atoms with Crippen molar-refractivity contribution in [2.45, 2.75) is 51.1 Å². The highest BCUT2D eigenvalue weighted by molar-refractivity contribution is 9.10. The highest BCUT2D eigenvalue weighted by Gasteiger charge is 2.52. The van der Waals surface area contributed by atoms with Crippen LogP contribution in [0.3, 0.4) is 0 Å². The van der Waals surface area contributed by atoms with E-state index < -0.39 is 28.2 Å². The number of hydrogen-bond donors (Lipinski definition) is 1. The largest absolute Gasteiger partial charge is 0.461 e. The van der Waals surface area contributed by atoms with Crippen LogP contribution in [0.15, 0.2) is 41.7 Å². The number of ketones is 1.